The number of nitrogens with zero attached hydrogens (tertiary/aromatic N) is 2. The second-order valence-electron chi connectivity index (χ2n) is 6.76. The Morgan fingerprint density at radius 3 is 2.67 bits per heavy atom. The van der Waals surface area contributed by atoms with Gasteiger partial charge >= 0.3 is 0 Å². The number of rotatable bonds is 2. The third kappa shape index (κ3) is 3.15. The van der Waals surface area contributed by atoms with E-state index in [1.54, 1.807) is 6.07 Å². The molecule has 0 radical (unpaired) electrons. The second kappa shape index (κ2) is 7.02. The Labute approximate surface area is 162 Å². The maximum Gasteiger partial charge on any atom is 0.142 e. The molecule has 2 aromatic carbocycles. The first-order chi connectivity index (χ1) is 13.1. The summed E-state index contributed by atoms with van der Waals surface area (Å²) in [5.74, 6) is 0.00365. The first-order valence-electron chi connectivity index (χ1n) is 8.80. The Balaban J connectivity index is 1.89. The van der Waals surface area contributed by atoms with E-state index in [1.807, 2.05) is 18.2 Å². The molecule has 1 aromatic heterocycles. The molecule has 4 rings (SSSR count). The summed E-state index contributed by atoms with van der Waals surface area (Å²) in [6.07, 6.45) is 2.47. The SMILES string of the molecule is N#Cc1c(N)nc2c(c1-c1ccc(Cl)c(F)c1)CC(c1ccccc1)CC2. The smallest absolute Gasteiger partial charge is 0.142 e. The van der Waals surface area contributed by atoms with Gasteiger partial charge in [-0.1, -0.05) is 48.0 Å². The minimum Gasteiger partial charge on any atom is -0.383 e. The lowest BCUT2D eigenvalue weighted by molar-refractivity contribution is 0.575. The van der Waals surface area contributed by atoms with Crippen molar-refractivity contribution in [3.8, 4) is 17.2 Å². The molecule has 3 nitrogen and oxygen atoms in total. The number of fused-ring (bicyclic) bond motifs is 1. The van der Waals surface area contributed by atoms with Gasteiger partial charge in [-0.25, -0.2) is 9.37 Å². The number of nitriles is 1. The molecule has 27 heavy (non-hydrogen) atoms. The molecule has 1 atom stereocenters. The monoisotopic (exact) mass is 377 g/mol. The summed E-state index contributed by atoms with van der Waals surface area (Å²) >= 11 is 5.84. The Morgan fingerprint density at radius 2 is 1.96 bits per heavy atom. The van der Waals surface area contributed by atoms with Crippen molar-refractivity contribution in [1.29, 1.82) is 5.26 Å². The summed E-state index contributed by atoms with van der Waals surface area (Å²) < 4.78 is 14.1. The van der Waals surface area contributed by atoms with Gasteiger partial charge in [0.15, 0.2) is 0 Å². The first kappa shape index (κ1) is 17.5. The Morgan fingerprint density at radius 1 is 1.19 bits per heavy atom. The predicted molar refractivity (Wildman–Crippen MR) is 105 cm³/mol. The predicted octanol–water partition coefficient (Wildman–Crippen LogP) is 5.27. The summed E-state index contributed by atoms with van der Waals surface area (Å²) in [4.78, 5) is 4.47. The molecule has 1 aliphatic carbocycles. The van der Waals surface area contributed by atoms with Gasteiger partial charge in [0.25, 0.3) is 0 Å². The van der Waals surface area contributed by atoms with Gasteiger partial charge < -0.3 is 5.73 Å². The van der Waals surface area contributed by atoms with Crippen LogP contribution in [0.25, 0.3) is 11.1 Å². The molecule has 0 fully saturated rings. The van der Waals surface area contributed by atoms with Gasteiger partial charge in [-0.15, -0.1) is 0 Å². The minimum atomic E-state index is -0.516. The van der Waals surface area contributed by atoms with Crippen molar-refractivity contribution in [2.75, 3.05) is 5.73 Å². The standard InChI is InChI=1S/C22H17ClFN3/c23-18-8-6-15(11-19(18)24)21-16-10-14(13-4-2-1-3-5-13)7-9-20(16)27-22(26)17(21)12-25/h1-6,8,11,14H,7,9-10H2,(H2,26,27). The van der Waals surface area contributed by atoms with Crippen LogP contribution in [-0.4, -0.2) is 4.98 Å². The summed E-state index contributed by atoms with van der Waals surface area (Å²) in [6, 6.07) is 17.1. The van der Waals surface area contributed by atoms with Crippen LogP contribution in [0.5, 0.6) is 0 Å². The van der Waals surface area contributed by atoms with Crippen molar-refractivity contribution in [1.82, 2.24) is 4.98 Å². The van der Waals surface area contributed by atoms with Gasteiger partial charge in [0, 0.05) is 11.3 Å². The third-order valence-corrected chi connectivity index (χ3v) is 5.49. The van der Waals surface area contributed by atoms with Crippen LogP contribution in [0.2, 0.25) is 5.02 Å². The Kier molecular flexibility index (Phi) is 4.55. The average Bonchev–Trinajstić information content (AvgIpc) is 2.69. The number of halogens is 2. The van der Waals surface area contributed by atoms with E-state index in [0.29, 0.717) is 22.6 Å². The topological polar surface area (TPSA) is 62.7 Å². The fourth-order valence-electron chi connectivity index (χ4n) is 3.87. The number of anilines is 1. The molecule has 0 saturated carbocycles. The van der Waals surface area contributed by atoms with Crippen LogP contribution in [0.1, 0.15) is 34.7 Å². The Bertz CT molecular complexity index is 1060. The van der Waals surface area contributed by atoms with E-state index in [9.17, 15) is 9.65 Å². The van der Waals surface area contributed by atoms with E-state index in [4.69, 9.17) is 17.3 Å². The highest BCUT2D eigenvalue weighted by Crippen LogP contribution is 2.40. The zero-order chi connectivity index (χ0) is 19.0. The van der Waals surface area contributed by atoms with Gasteiger partial charge in [-0.05, 0) is 54.0 Å². The summed E-state index contributed by atoms with van der Waals surface area (Å²) in [6.45, 7) is 0. The van der Waals surface area contributed by atoms with Crippen molar-refractivity contribution in [3.05, 3.63) is 81.8 Å². The summed E-state index contributed by atoms with van der Waals surface area (Å²) in [5, 5.41) is 9.73. The van der Waals surface area contributed by atoms with Gasteiger partial charge in [0.1, 0.15) is 23.3 Å². The van der Waals surface area contributed by atoms with Crippen molar-refractivity contribution < 1.29 is 4.39 Å². The van der Waals surface area contributed by atoms with Crippen molar-refractivity contribution >= 4 is 17.4 Å². The van der Waals surface area contributed by atoms with Gasteiger partial charge in [0.05, 0.1) is 5.02 Å². The minimum absolute atomic E-state index is 0.0512. The van der Waals surface area contributed by atoms with E-state index < -0.39 is 5.82 Å². The lowest BCUT2D eigenvalue weighted by Gasteiger charge is -2.27. The molecule has 134 valence electrons. The number of pyridine rings is 1. The number of aromatic nitrogens is 1. The second-order valence-corrected chi connectivity index (χ2v) is 7.17. The fraction of sp³-hybridized carbons (Fsp3) is 0.182. The highest BCUT2D eigenvalue weighted by Gasteiger charge is 2.27. The highest BCUT2D eigenvalue weighted by atomic mass is 35.5. The molecule has 0 aliphatic heterocycles. The number of aryl methyl sites for hydroxylation is 1. The maximum atomic E-state index is 14.1. The molecular weight excluding hydrogens is 361 g/mol. The van der Waals surface area contributed by atoms with Crippen molar-refractivity contribution in [2.24, 2.45) is 0 Å². The lowest BCUT2D eigenvalue weighted by atomic mass is 9.78. The molecule has 0 saturated heterocycles. The third-order valence-electron chi connectivity index (χ3n) is 5.18. The van der Waals surface area contributed by atoms with Crippen molar-refractivity contribution in [3.63, 3.8) is 0 Å². The molecule has 5 heteroatoms. The van der Waals surface area contributed by atoms with E-state index in [0.717, 1.165) is 30.5 Å². The van der Waals surface area contributed by atoms with Crippen molar-refractivity contribution in [2.45, 2.75) is 25.2 Å². The number of nitrogens with two attached hydrogens (primary N) is 1. The van der Waals surface area contributed by atoms with E-state index in [1.165, 1.54) is 17.7 Å². The van der Waals surface area contributed by atoms with Crippen LogP contribution in [0.4, 0.5) is 10.2 Å². The van der Waals surface area contributed by atoms with Gasteiger partial charge in [-0.2, -0.15) is 5.26 Å². The summed E-state index contributed by atoms with van der Waals surface area (Å²) in [7, 11) is 0. The molecule has 2 N–H and O–H groups in total. The molecule has 3 aromatic rings. The first-order valence-corrected chi connectivity index (χ1v) is 9.18. The van der Waals surface area contributed by atoms with Gasteiger partial charge in [0.2, 0.25) is 0 Å². The number of nitrogen functional groups attached to an aromatic ring is 1. The normalized spacial score (nSPS) is 15.8. The average molecular weight is 378 g/mol. The number of hydrogen-bond donors (Lipinski definition) is 1. The van der Waals surface area contributed by atoms with E-state index in [-0.39, 0.29) is 10.8 Å². The van der Waals surface area contributed by atoms with Crippen LogP contribution >= 0.6 is 11.6 Å². The molecule has 0 bridgehead atoms. The quantitative estimate of drug-likeness (QED) is 0.661. The lowest BCUT2D eigenvalue weighted by Crippen LogP contribution is -2.17. The Hall–Kier alpha value is -2.90. The van der Waals surface area contributed by atoms with Gasteiger partial charge in [-0.3, -0.25) is 0 Å². The number of hydrogen-bond acceptors (Lipinski definition) is 3. The maximum absolute atomic E-state index is 14.1. The summed E-state index contributed by atoms with van der Waals surface area (Å²) in [5.41, 5.74) is 10.8. The largest absolute Gasteiger partial charge is 0.383 e. The zero-order valence-corrected chi connectivity index (χ0v) is 15.3. The van der Waals surface area contributed by atoms with Crippen LogP contribution in [-0.2, 0) is 12.8 Å². The molecule has 0 amide bonds. The molecule has 1 unspecified atom stereocenters. The highest BCUT2D eigenvalue weighted by molar-refractivity contribution is 6.30. The van der Waals surface area contributed by atoms with E-state index in [2.05, 4.69) is 23.2 Å². The molecular formula is C22H17ClFN3. The zero-order valence-electron chi connectivity index (χ0n) is 14.5. The van der Waals surface area contributed by atoms with Crippen LogP contribution < -0.4 is 5.73 Å². The number of benzene rings is 2. The van der Waals surface area contributed by atoms with Crippen LogP contribution in [0, 0.1) is 17.1 Å². The van der Waals surface area contributed by atoms with Crippen LogP contribution in [0.15, 0.2) is 48.5 Å². The molecule has 0 spiro atoms. The van der Waals surface area contributed by atoms with E-state index >= 15 is 0 Å². The molecule has 1 heterocycles. The van der Waals surface area contributed by atoms with Crippen LogP contribution in [0.3, 0.4) is 0 Å². The molecule has 1 aliphatic rings. The fourth-order valence-corrected chi connectivity index (χ4v) is 3.99.